The van der Waals surface area contributed by atoms with Crippen LogP contribution in [0.15, 0.2) is 18.2 Å². The van der Waals surface area contributed by atoms with Crippen molar-refractivity contribution < 1.29 is 9.53 Å². The molecule has 1 atom stereocenters. The highest BCUT2D eigenvalue weighted by Gasteiger charge is 2.44. The number of benzene rings is 1. The van der Waals surface area contributed by atoms with Gasteiger partial charge < -0.3 is 10.1 Å². The van der Waals surface area contributed by atoms with E-state index in [0.29, 0.717) is 5.78 Å². The molecule has 3 heteroatoms. The standard InChI is InChI=1S/C18H23NO2/c20-17(13-7-11-21-18(12-13)8-3-9-18)15-4-1-6-16-14(15)5-2-10-19-16/h1,4,6,13,19H,2-3,5,7-12H2. The Hall–Kier alpha value is -1.35. The van der Waals surface area contributed by atoms with E-state index in [1.165, 1.54) is 12.0 Å². The van der Waals surface area contributed by atoms with E-state index < -0.39 is 0 Å². The van der Waals surface area contributed by atoms with Crippen LogP contribution in [0, 0.1) is 5.92 Å². The lowest BCUT2D eigenvalue weighted by Gasteiger charge is -2.47. The van der Waals surface area contributed by atoms with Crippen LogP contribution in [0.3, 0.4) is 0 Å². The maximum atomic E-state index is 13.0. The molecule has 1 saturated carbocycles. The van der Waals surface area contributed by atoms with Crippen molar-refractivity contribution in [3.8, 4) is 0 Å². The van der Waals surface area contributed by atoms with Gasteiger partial charge in [-0.3, -0.25) is 4.79 Å². The molecule has 0 bridgehead atoms. The van der Waals surface area contributed by atoms with Crippen molar-refractivity contribution in [1.29, 1.82) is 0 Å². The number of rotatable bonds is 2. The van der Waals surface area contributed by atoms with Crippen molar-refractivity contribution in [3.05, 3.63) is 29.3 Å². The zero-order chi connectivity index (χ0) is 14.3. The minimum atomic E-state index is 0.0473. The number of anilines is 1. The number of ether oxygens (including phenoxy) is 1. The fraction of sp³-hybridized carbons (Fsp3) is 0.611. The van der Waals surface area contributed by atoms with Crippen LogP contribution < -0.4 is 5.32 Å². The van der Waals surface area contributed by atoms with Crippen LogP contribution in [-0.4, -0.2) is 24.5 Å². The van der Waals surface area contributed by atoms with Crippen LogP contribution in [0.2, 0.25) is 0 Å². The summed E-state index contributed by atoms with van der Waals surface area (Å²) in [5, 5.41) is 3.42. The van der Waals surface area contributed by atoms with Gasteiger partial charge in [0.05, 0.1) is 5.60 Å². The summed E-state index contributed by atoms with van der Waals surface area (Å²) in [6.45, 7) is 1.77. The van der Waals surface area contributed by atoms with Crippen molar-refractivity contribution in [2.45, 2.75) is 50.5 Å². The molecule has 112 valence electrons. The minimum absolute atomic E-state index is 0.0473. The first-order valence-electron chi connectivity index (χ1n) is 8.31. The first-order valence-corrected chi connectivity index (χ1v) is 8.31. The van der Waals surface area contributed by atoms with Gasteiger partial charge in [-0.25, -0.2) is 0 Å². The average molecular weight is 285 g/mol. The van der Waals surface area contributed by atoms with Crippen LogP contribution in [0.1, 0.15) is 54.4 Å². The van der Waals surface area contributed by atoms with Crippen molar-refractivity contribution in [1.82, 2.24) is 0 Å². The molecule has 1 saturated heterocycles. The van der Waals surface area contributed by atoms with E-state index in [-0.39, 0.29) is 11.5 Å². The molecule has 2 fully saturated rings. The number of ketones is 1. The molecule has 0 amide bonds. The maximum absolute atomic E-state index is 13.0. The third-order valence-electron chi connectivity index (χ3n) is 5.49. The molecule has 1 aliphatic carbocycles. The number of fused-ring (bicyclic) bond motifs is 1. The normalized spacial score (nSPS) is 26.6. The Bertz CT molecular complexity index is 562. The number of carbonyl (C=O) groups is 1. The summed E-state index contributed by atoms with van der Waals surface area (Å²) in [6.07, 6.45) is 7.51. The van der Waals surface area contributed by atoms with E-state index in [9.17, 15) is 4.79 Å². The first-order chi connectivity index (χ1) is 10.3. The van der Waals surface area contributed by atoms with Gasteiger partial charge in [-0.15, -0.1) is 0 Å². The van der Waals surface area contributed by atoms with Crippen molar-refractivity contribution >= 4 is 11.5 Å². The highest BCUT2D eigenvalue weighted by atomic mass is 16.5. The van der Waals surface area contributed by atoms with E-state index in [1.807, 2.05) is 12.1 Å². The van der Waals surface area contributed by atoms with Crippen LogP contribution in [0.5, 0.6) is 0 Å². The summed E-state index contributed by atoms with van der Waals surface area (Å²) in [6, 6.07) is 6.14. The fourth-order valence-corrected chi connectivity index (χ4v) is 4.13. The van der Waals surface area contributed by atoms with E-state index in [2.05, 4.69) is 11.4 Å². The molecule has 21 heavy (non-hydrogen) atoms. The third kappa shape index (κ3) is 2.28. The summed E-state index contributed by atoms with van der Waals surface area (Å²) in [5.74, 6) is 0.512. The van der Waals surface area contributed by atoms with Gasteiger partial charge in [-0.2, -0.15) is 0 Å². The largest absolute Gasteiger partial charge is 0.385 e. The average Bonchev–Trinajstić information content (AvgIpc) is 2.52. The summed E-state index contributed by atoms with van der Waals surface area (Å²) in [4.78, 5) is 13.0. The molecule has 3 nitrogen and oxygen atoms in total. The maximum Gasteiger partial charge on any atom is 0.166 e. The summed E-state index contributed by atoms with van der Waals surface area (Å²) >= 11 is 0. The Morgan fingerprint density at radius 2 is 2.19 bits per heavy atom. The highest BCUT2D eigenvalue weighted by Crippen LogP contribution is 2.45. The molecule has 0 radical (unpaired) electrons. The van der Waals surface area contributed by atoms with E-state index in [4.69, 9.17) is 4.74 Å². The molecule has 1 aromatic rings. The summed E-state index contributed by atoms with van der Waals surface area (Å²) in [7, 11) is 0. The Morgan fingerprint density at radius 1 is 1.29 bits per heavy atom. The van der Waals surface area contributed by atoms with Crippen LogP contribution in [0.25, 0.3) is 0 Å². The monoisotopic (exact) mass is 285 g/mol. The Labute approximate surface area is 126 Å². The summed E-state index contributed by atoms with van der Waals surface area (Å²) < 4.78 is 5.97. The number of hydrogen-bond acceptors (Lipinski definition) is 3. The lowest BCUT2D eigenvalue weighted by atomic mass is 9.70. The van der Waals surface area contributed by atoms with E-state index in [1.54, 1.807) is 0 Å². The predicted molar refractivity (Wildman–Crippen MR) is 82.8 cm³/mol. The molecule has 1 unspecified atom stereocenters. The van der Waals surface area contributed by atoms with E-state index in [0.717, 1.165) is 62.9 Å². The molecule has 4 rings (SSSR count). The predicted octanol–water partition coefficient (Wildman–Crippen LogP) is 3.58. The van der Waals surface area contributed by atoms with E-state index >= 15 is 0 Å². The quantitative estimate of drug-likeness (QED) is 0.844. The second-order valence-corrected chi connectivity index (χ2v) is 6.80. The number of nitrogens with one attached hydrogen (secondary N) is 1. The van der Waals surface area contributed by atoms with Gasteiger partial charge >= 0.3 is 0 Å². The molecule has 2 aliphatic heterocycles. The Morgan fingerprint density at radius 3 is 3.00 bits per heavy atom. The highest BCUT2D eigenvalue weighted by molar-refractivity contribution is 6.00. The SMILES string of the molecule is O=C(c1cccc2c1CCCN2)C1CCOC2(CCC2)C1. The van der Waals surface area contributed by atoms with Crippen LogP contribution in [0.4, 0.5) is 5.69 Å². The molecular weight excluding hydrogens is 262 g/mol. The van der Waals surface area contributed by atoms with Crippen molar-refractivity contribution in [3.63, 3.8) is 0 Å². The van der Waals surface area contributed by atoms with Crippen molar-refractivity contribution in [2.24, 2.45) is 5.92 Å². The zero-order valence-electron chi connectivity index (χ0n) is 12.5. The second-order valence-electron chi connectivity index (χ2n) is 6.80. The molecule has 0 aromatic heterocycles. The number of Topliss-reactive ketones (excluding diaryl/α,β-unsaturated/α-hetero) is 1. The Balaban J connectivity index is 1.60. The second kappa shape index (κ2) is 5.13. The smallest absolute Gasteiger partial charge is 0.166 e. The molecular formula is C18H23NO2. The topological polar surface area (TPSA) is 38.3 Å². The molecule has 2 heterocycles. The molecule has 1 spiro atoms. The first kappa shape index (κ1) is 13.3. The van der Waals surface area contributed by atoms with Crippen molar-refractivity contribution in [2.75, 3.05) is 18.5 Å². The summed E-state index contributed by atoms with van der Waals surface area (Å²) in [5.41, 5.74) is 3.41. The van der Waals surface area contributed by atoms with Gasteiger partial charge in [0, 0.05) is 30.3 Å². The number of carbonyl (C=O) groups excluding carboxylic acids is 1. The van der Waals surface area contributed by atoms with Gasteiger partial charge in [0.2, 0.25) is 0 Å². The van der Waals surface area contributed by atoms with Gasteiger partial charge in [0.25, 0.3) is 0 Å². The zero-order valence-corrected chi connectivity index (χ0v) is 12.5. The van der Waals surface area contributed by atoms with Gasteiger partial charge in [0.1, 0.15) is 0 Å². The number of hydrogen-bond donors (Lipinski definition) is 1. The van der Waals surface area contributed by atoms with Gasteiger partial charge in [0.15, 0.2) is 5.78 Å². The van der Waals surface area contributed by atoms with Crippen LogP contribution in [-0.2, 0) is 11.2 Å². The third-order valence-corrected chi connectivity index (χ3v) is 5.49. The molecule has 1 N–H and O–H groups in total. The minimum Gasteiger partial charge on any atom is -0.385 e. The molecule has 3 aliphatic rings. The lowest BCUT2D eigenvalue weighted by Crippen LogP contribution is -2.47. The molecule has 1 aromatic carbocycles. The van der Waals surface area contributed by atoms with Gasteiger partial charge in [-0.05, 0) is 56.6 Å². The fourth-order valence-electron chi connectivity index (χ4n) is 4.13. The Kier molecular flexibility index (Phi) is 3.26. The van der Waals surface area contributed by atoms with Gasteiger partial charge in [-0.1, -0.05) is 12.1 Å². The lowest BCUT2D eigenvalue weighted by molar-refractivity contribution is -0.137. The van der Waals surface area contributed by atoms with Crippen LogP contribution >= 0.6 is 0 Å².